The molecular weight excluding hydrogens is 308 g/mol. The minimum Gasteiger partial charge on any atom is -0.299 e. The van der Waals surface area contributed by atoms with Crippen molar-refractivity contribution in [3.8, 4) is 0 Å². The Balaban J connectivity index is 1.71. The maximum Gasteiger partial charge on any atom is 0.155 e. The van der Waals surface area contributed by atoms with E-state index in [-0.39, 0.29) is 10.8 Å². The number of carbonyl (C=O) groups excluding carboxylic acids is 2. The van der Waals surface area contributed by atoms with Crippen LogP contribution < -0.4 is 0 Å². The molecule has 138 valence electrons. The molecule has 0 heterocycles. The summed E-state index contributed by atoms with van der Waals surface area (Å²) in [6, 6.07) is 0. The third kappa shape index (κ3) is 2.50. The molecule has 0 aromatic heterocycles. The fourth-order valence-corrected chi connectivity index (χ4v) is 7.28. The van der Waals surface area contributed by atoms with E-state index in [0.717, 1.165) is 32.1 Å². The molecule has 0 amide bonds. The van der Waals surface area contributed by atoms with E-state index < -0.39 is 0 Å². The van der Waals surface area contributed by atoms with Gasteiger partial charge in [0.2, 0.25) is 0 Å². The van der Waals surface area contributed by atoms with Gasteiger partial charge in [0.15, 0.2) is 5.78 Å². The van der Waals surface area contributed by atoms with Crippen LogP contribution in [0.15, 0.2) is 11.6 Å². The van der Waals surface area contributed by atoms with Gasteiger partial charge >= 0.3 is 0 Å². The van der Waals surface area contributed by atoms with Gasteiger partial charge in [-0.05, 0) is 73.7 Å². The van der Waals surface area contributed by atoms with Crippen LogP contribution in [-0.2, 0) is 9.59 Å². The Bertz CT molecular complexity index is 618. The first-order valence-corrected chi connectivity index (χ1v) is 10.7. The minimum absolute atomic E-state index is 0.0431. The van der Waals surface area contributed by atoms with E-state index in [0.29, 0.717) is 35.2 Å². The number of ketones is 2. The average molecular weight is 343 g/mol. The van der Waals surface area contributed by atoms with E-state index in [9.17, 15) is 9.59 Å². The molecule has 3 saturated carbocycles. The normalized spacial score (nSPS) is 46.3. The second-order valence-corrected chi connectivity index (χ2v) is 9.85. The molecule has 5 unspecified atom stereocenters. The first-order valence-electron chi connectivity index (χ1n) is 10.7. The van der Waals surface area contributed by atoms with E-state index in [1.807, 2.05) is 6.08 Å². The molecule has 0 aliphatic heterocycles. The molecule has 4 rings (SSSR count). The Kier molecular flexibility index (Phi) is 4.24. The number of Topliss-reactive ketones (excluding diaryl/α,β-unsaturated/α-hetero) is 1. The van der Waals surface area contributed by atoms with Crippen molar-refractivity contribution in [3.63, 3.8) is 0 Å². The molecule has 0 spiro atoms. The van der Waals surface area contributed by atoms with Gasteiger partial charge in [-0.1, -0.05) is 39.2 Å². The molecule has 25 heavy (non-hydrogen) atoms. The summed E-state index contributed by atoms with van der Waals surface area (Å²) in [6.07, 6.45) is 12.9. The van der Waals surface area contributed by atoms with E-state index >= 15 is 0 Å². The Labute approximate surface area is 152 Å². The fourth-order valence-electron chi connectivity index (χ4n) is 7.28. The second kappa shape index (κ2) is 6.06. The predicted octanol–water partition coefficient (Wildman–Crippen LogP) is 5.50. The summed E-state index contributed by atoms with van der Waals surface area (Å²) in [7, 11) is 0. The van der Waals surface area contributed by atoms with Gasteiger partial charge in [-0.3, -0.25) is 9.59 Å². The maximum absolute atomic E-state index is 12.6. The van der Waals surface area contributed by atoms with Gasteiger partial charge in [0.05, 0.1) is 0 Å². The Hall–Kier alpha value is -0.920. The Morgan fingerprint density at radius 2 is 1.80 bits per heavy atom. The molecule has 3 fully saturated rings. The lowest BCUT2D eigenvalue weighted by Crippen LogP contribution is -2.52. The SMILES string of the molecule is CCCC[C@H]1CC2C3CCC(=O)C3(C)CCC2C2(C)CCC(=O)C=C12. The average Bonchev–Trinajstić information content (AvgIpc) is 2.89. The van der Waals surface area contributed by atoms with Crippen LogP contribution in [0, 0.1) is 34.5 Å². The first-order chi connectivity index (χ1) is 11.9. The number of carbonyl (C=O) groups is 2. The number of unbranched alkanes of at least 4 members (excludes halogenated alkanes) is 1. The quantitative estimate of drug-likeness (QED) is 0.678. The first kappa shape index (κ1) is 17.5. The van der Waals surface area contributed by atoms with Crippen molar-refractivity contribution in [1.82, 2.24) is 0 Å². The molecule has 0 saturated heterocycles. The second-order valence-electron chi connectivity index (χ2n) is 9.85. The number of allylic oxidation sites excluding steroid dienone is 1. The number of rotatable bonds is 3. The van der Waals surface area contributed by atoms with Gasteiger partial charge < -0.3 is 0 Å². The molecule has 0 N–H and O–H groups in total. The number of fused-ring (bicyclic) bond motifs is 5. The van der Waals surface area contributed by atoms with Crippen LogP contribution in [0.4, 0.5) is 0 Å². The largest absolute Gasteiger partial charge is 0.299 e. The van der Waals surface area contributed by atoms with Crippen molar-refractivity contribution in [1.29, 1.82) is 0 Å². The van der Waals surface area contributed by atoms with E-state index in [1.165, 1.54) is 37.7 Å². The van der Waals surface area contributed by atoms with Gasteiger partial charge in [-0.15, -0.1) is 0 Å². The van der Waals surface area contributed by atoms with Gasteiger partial charge in [0.1, 0.15) is 5.78 Å². The summed E-state index contributed by atoms with van der Waals surface area (Å²) in [5.74, 6) is 3.44. The molecule has 4 aliphatic carbocycles. The molecule has 0 aromatic carbocycles. The molecule has 0 aromatic rings. The van der Waals surface area contributed by atoms with Crippen molar-refractivity contribution < 1.29 is 9.59 Å². The van der Waals surface area contributed by atoms with Crippen LogP contribution in [0.3, 0.4) is 0 Å². The van der Waals surface area contributed by atoms with E-state index in [1.54, 1.807) is 0 Å². The van der Waals surface area contributed by atoms with Crippen molar-refractivity contribution in [3.05, 3.63) is 11.6 Å². The highest BCUT2D eigenvalue weighted by atomic mass is 16.1. The van der Waals surface area contributed by atoms with Gasteiger partial charge in [-0.2, -0.15) is 0 Å². The highest BCUT2D eigenvalue weighted by Crippen LogP contribution is 2.65. The Morgan fingerprint density at radius 1 is 1.04 bits per heavy atom. The van der Waals surface area contributed by atoms with Crippen LogP contribution in [0.2, 0.25) is 0 Å². The summed E-state index contributed by atoms with van der Waals surface area (Å²) in [5, 5.41) is 0. The van der Waals surface area contributed by atoms with E-state index in [4.69, 9.17) is 0 Å². The van der Waals surface area contributed by atoms with Crippen LogP contribution in [0.25, 0.3) is 0 Å². The molecule has 0 radical (unpaired) electrons. The Morgan fingerprint density at radius 3 is 2.56 bits per heavy atom. The summed E-state index contributed by atoms with van der Waals surface area (Å²) >= 11 is 0. The highest BCUT2D eigenvalue weighted by Gasteiger charge is 2.60. The van der Waals surface area contributed by atoms with E-state index in [2.05, 4.69) is 20.8 Å². The molecule has 2 nitrogen and oxygen atoms in total. The zero-order valence-electron chi connectivity index (χ0n) is 16.3. The third-order valence-corrected chi connectivity index (χ3v) is 8.73. The summed E-state index contributed by atoms with van der Waals surface area (Å²) in [5.41, 5.74) is 1.66. The lowest BCUT2D eigenvalue weighted by atomic mass is 9.45. The smallest absolute Gasteiger partial charge is 0.155 e. The number of hydrogen-bond donors (Lipinski definition) is 0. The summed E-state index contributed by atoms with van der Waals surface area (Å²) < 4.78 is 0. The van der Waals surface area contributed by atoms with Gasteiger partial charge in [-0.25, -0.2) is 0 Å². The molecule has 6 atom stereocenters. The van der Waals surface area contributed by atoms with Crippen molar-refractivity contribution in [2.75, 3.05) is 0 Å². The van der Waals surface area contributed by atoms with Gasteiger partial charge in [0, 0.05) is 18.3 Å². The van der Waals surface area contributed by atoms with Crippen molar-refractivity contribution in [2.45, 2.75) is 85.0 Å². The molecular formula is C23H34O2. The lowest BCUT2D eigenvalue weighted by molar-refractivity contribution is -0.133. The minimum atomic E-state index is -0.0431. The van der Waals surface area contributed by atoms with Crippen molar-refractivity contribution in [2.24, 2.45) is 34.5 Å². The fraction of sp³-hybridized carbons (Fsp3) is 0.826. The molecule has 4 aliphatic rings. The maximum atomic E-state index is 12.6. The zero-order valence-corrected chi connectivity index (χ0v) is 16.3. The zero-order chi connectivity index (χ0) is 17.8. The molecule has 2 heteroatoms. The highest BCUT2D eigenvalue weighted by molar-refractivity contribution is 5.92. The van der Waals surface area contributed by atoms with Crippen LogP contribution in [0.1, 0.15) is 85.0 Å². The van der Waals surface area contributed by atoms with Crippen molar-refractivity contribution >= 4 is 11.6 Å². The standard InChI is InChI=1S/C23H34O2/c1-4-5-6-15-13-17-18-7-8-21(25)23(18,3)12-10-19(17)22(2)11-9-16(24)14-20(15)22/h14-15,17-19H,4-13H2,1-3H3/t15-,17?,18?,19?,22?,23?/m0/s1. The summed E-state index contributed by atoms with van der Waals surface area (Å²) in [6.45, 7) is 6.99. The molecule has 0 bridgehead atoms. The van der Waals surface area contributed by atoms with Crippen LogP contribution >= 0.6 is 0 Å². The third-order valence-electron chi connectivity index (χ3n) is 8.73. The van der Waals surface area contributed by atoms with Gasteiger partial charge in [0.25, 0.3) is 0 Å². The predicted molar refractivity (Wildman–Crippen MR) is 100 cm³/mol. The number of hydrogen-bond acceptors (Lipinski definition) is 2. The van der Waals surface area contributed by atoms with Crippen LogP contribution in [0.5, 0.6) is 0 Å². The lowest BCUT2D eigenvalue weighted by Gasteiger charge is -2.59. The van der Waals surface area contributed by atoms with Crippen LogP contribution in [-0.4, -0.2) is 11.6 Å². The monoisotopic (exact) mass is 342 g/mol. The topological polar surface area (TPSA) is 34.1 Å². The summed E-state index contributed by atoms with van der Waals surface area (Å²) in [4.78, 5) is 24.8.